The van der Waals surface area contributed by atoms with Gasteiger partial charge in [-0.05, 0) is 42.8 Å². The number of thioether (sulfide) groups is 1. The molecule has 1 unspecified atom stereocenters. The van der Waals surface area contributed by atoms with E-state index in [4.69, 9.17) is 14.2 Å². The molecule has 180 valence electrons. The largest absolute Gasteiger partial charge is 0.493 e. The second-order valence-electron chi connectivity index (χ2n) is 7.69. The molecule has 0 spiro atoms. The first-order chi connectivity index (χ1) is 16.4. The zero-order valence-electron chi connectivity index (χ0n) is 19.1. The molecule has 1 amide bonds. The molecular formula is C24H25F2N3O4S. The number of nitrogens with one attached hydrogen (secondary N) is 1. The number of hydrogen-bond acceptors (Lipinski definition) is 6. The Labute approximate surface area is 200 Å². The molecule has 2 aromatic carbocycles. The average molecular weight is 490 g/mol. The number of hydrogen-bond donors (Lipinski definition) is 1. The van der Waals surface area contributed by atoms with Crippen molar-refractivity contribution in [3.05, 3.63) is 59.3 Å². The summed E-state index contributed by atoms with van der Waals surface area (Å²) in [4.78, 5) is 14.9. The molecule has 1 aromatic heterocycles. The van der Waals surface area contributed by atoms with Crippen LogP contribution in [-0.4, -0.2) is 61.2 Å². The van der Waals surface area contributed by atoms with Crippen molar-refractivity contribution in [3.63, 3.8) is 0 Å². The highest BCUT2D eigenvalue weighted by atomic mass is 32.2. The fourth-order valence-corrected chi connectivity index (χ4v) is 5.20. The first-order valence-corrected chi connectivity index (χ1v) is 11.7. The van der Waals surface area contributed by atoms with Gasteiger partial charge in [0, 0.05) is 35.2 Å². The lowest BCUT2D eigenvalue weighted by atomic mass is 10.1. The highest BCUT2D eigenvalue weighted by Gasteiger charge is 2.26. The molecule has 0 bridgehead atoms. The number of rotatable bonds is 6. The molecule has 7 nitrogen and oxygen atoms in total. The molecule has 3 aromatic rings. The summed E-state index contributed by atoms with van der Waals surface area (Å²) in [5.41, 5.74) is 1.92. The molecule has 1 fully saturated rings. The number of halogens is 2. The Hall–Kier alpha value is -3.27. The minimum atomic E-state index is -0.467. The average Bonchev–Trinajstić information content (AvgIpc) is 3.22. The number of H-pyrrole nitrogens is 1. The topological polar surface area (TPSA) is 76.7 Å². The standard InChI is InChI=1S/C24H25F2N3O4S/c1-31-20-10-14(11-21(32-2)23(20)33-3)18-13-19(28-27-18)24(30)29-7-6-22(34-9-8-29)16-12-15(25)4-5-17(16)26/h4-5,10-13,22H,6-9H2,1-3H3,(H,27,28). The summed E-state index contributed by atoms with van der Waals surface area (Å²) in [5, 5.41) is 6.89. The maximum absolute atomic E-state index is 14.2. The van der Waals surface area contributed by atoms with Gasteiger partial charge in [-0.15, -0.1) is 0 Å². The van der Waals surface area contributed by atoms with E-state index in [1.54, 1.807) is 23.1 Å². The maximum atomic E-state index is 14.2. The summed E-state index contributed by atoms with van der Waals surface area (Å²) in [6, 6.07) is 8.68. The van der Waals surface area contributed by atoms with Crippen LogP contribution in [-0.2, 0) is 0 Å². The van der Waals surface area contributed by atoms with E-state index >= 15 is 0 Å². The van der Waals surface area contributed by atoms with E-state index in [1.807, 2.05) is 0 Å². The first kappa shape index (κ1) is 23.9. The predicted molar refractivity (Wildman–Crippen MR) is 126 cm³/mol. The number of methoxy groups -OCH3 is 3. The zero-order chi connectivity index (χ0) is 24.2. The van der Waals surface area contributed by atoms with Crippen LogP contribution in [0.4, 0.5) is 8.78 Å². The highest BCUT2D eigenvalue weighted by molar-refractivity contribution is 7.99. The van der Waals surface area contributed by atoms with Crippen LogP contribution in [0.1, 0.15) is 27.7 Å². The summed E-state index contributed by atoms with van der Waals surface area (Å²) in [6.07, 6.45) is 0.519. The SMILES string of the molecule is COc1cc(-c2cc(C(=O)N3CCSC(c4cc(F)ccc4F)CC3)[nH]n2)cc(OC)c1OC. The number of carbonyl (C=O) groups is 1. The first-order valence-electron chi connectivity index (χ1n) is 10.7. The minimum Gasteiger partial charge on any atom is -0.493 e. The van der Waals surface area contributed by atoms with Crippen molar-refractivity contribution in [2.45, 2.75) is 11.7 Å². The number of carbonyl (C=O) groups excluding carboxylic acids is 1. The van der Waals surface area contributed by atoms with Crippen LogP contribution in [0, 0.1) is 11.6 Å². The molecule has 2 heterocycles. The Morgan fingerprint density at radius 1 is 1.06 bits per heavy atom. The summed E-state index contributed by atoms with van der Waals surface area (Å²) in [6.45, 7) is 0.917. The van der Waals surface area contributed by atoms with Gasteiger partial charge in [-0.3, -0.25) is 9.89 Å². The number of nitrogens with zero attached hydrogens (tertiary/aromatic N) is 2. The van der Waals surface area contributed by atoms with Crippen LogP contribution >= 0.6 is 11.8 Å². The van der Waals surface area contributed by atoms with Crippen molar-refractivity contribution in [2.75, 3.05) is 40.2 Å². The summed E-state index contributed by atoms with van der Waals surface area (Å²) < 4.78 is 44.0. The molecule has 1 saturated heterocycles. The molecule has 10 heteroatoms. The maximum Gasteiger partial charge on any atom is 0.271 e. The second kappa shape index (κ2) is 10.3. The smallest absolute Gasteiger partial charge is 0.271 e. The van der Waals surface area contributed by atoms with Gasteiger partial charge in [0.15, 0.2) is 11.5 Å². The monoisotopic (exact) mass is 489 g/mol. The molecule has 4 rings (SSSR count). The van der Waals surface area contributed by atoms with Crippen LogP contribution in [0.15, 0.2) is 36.4 Å². The van der Waals surface area contributed by atoms with Gasteiger partial charge in [-0.2, -0.15) is 16.9 Å². The Morgan fingerprint density at radius 2 is 1.79 bits per heavy atom. The highest BCUT2D eigenvalue weighted by Crippen LogP contribution is 2.41. The van der Waals surface area contributed by atoms with Gasteiger partial charge in [0.05, 0.1) is 27.0 Å². The van der Waals surface area contributed by atoms with Crippen molar-refractivity contribution in [3.8, 4) is 28.5 Å². The Bertz CT molecular complexity index is 1160. The molecular weight excluding hydrogens is 464 g/mol. The van der Waals surface area contributed by atoms with Gasteiger partial charge in [0.1, 0.15) is 17.3 Å². The van der Waals surface area contributed by atoms with Crippen molar-refractivity contribution in [2.24, 2.45) is 0 Å². The van der Waals surface area contributed by atoms with E-state index in [0.717, 1.165) is 12.1 Å². The van der Waals surface area contributed by atoms with Crippen LogP contribution < -0.4 is 14.2 Å². The molecule has 1 atom stereocenters. The van der Waals surface area contributed by atoms with E-state index < -0.39 is 11.6 Å². The van der Waals surface area contributed by atoms with Crippen molar-refractivity contribution in [1.29, 1.82) is 0 Å². The quantitative estimate of drug-likeness (QED) is 0.541. The molecule has 1 aliphatic heterocycles. The van der Waals surface area contributed by atoms with E-state index in [-0.39, 0.29) is 11.2 Å². The van der Waals surface area contributed by atoms with Crippen LogP contribution in [0.25, 0.3) is 11.3 Å². The third kappa shape index (κ3) is 4.82. The summed E-state index contributed by atoms with van der Waals surface area (Å²) >= 11 is 1.52. The Balaban J connectivity index is 1.51. The zero-order valence-corrected chi connectivity index (χ0v) is 19.9. The normalized spacial score (nSPS) is 16.1. The number of benzene rings is 2. The van der Waals surface area contributed by atoms with Crippen molar-refractivity contribution in [1.82, 2.24) is 15.1 Å². The lowest BCUT2D eigenvalue weighted by Gasteiger charge is -2.19. The minimum absolute atomic E-state index is 0.202. The van der Waals surface area contributed by atoms with E-state index in [2.05, 4.69) is 10.2 Å². The molecule has 34 heavy (non-hydrogen) atoms. The molecule has 1 aliphatic rings. The van der Waals surface area contributed by atoms with Crippen molar-refractivity contribution < 1.29 is 27.8 Å². The number of ether oxygens (including phenoxy) is 3. The number of amides is 1. The van der Waals surface area contributed by atoms with Crippen LogP contribution in [0.3, 0.4) is 0 Å². The lowest BCUT2D eigenvalue weighted by Crippen LogP contribution is -2.33. The van der Waals surface area contributed by atoms with Crippen LogP contribution in [0.2, 0.25) is 0 Å². The third-order valence-corrected chi connectivity index (χ3v) is 7.01. The van der Waals surface area contributed by atoms with E-state index in [1.165, 1.54) is 39.2 Å². The third-order valence-electron chi connectivity index (χ3n) is 5.70. The fourth-order valence-electron chi connectivity index (χ4n) is 3.96. The molecule has 0 aliphatic carbocycles. The second-order valence-corrected chi connectivity index (χ2v) is 9.00. The van der Waals surface area contributed by atoms with Gasteiger partial charge in [-0.1, -0.05) is 0 Å². The number of aromatic amines is 1. The molecule has 0 radical (unpaired) electrons. The Kier molecular flexibility index (Phi) is 7.26. The Morgan fingerprint density at radius 3 is 2.47 bits per heavy atom. The summed E-state index contributed by atoms with van der Waals surface area (Å²) in [7, 11) is 4.58. The van der Waals surface area contributed by atoms with Crippen LogP contribution in [0.5, 0.6) is 17.2 Å². The van der Waals surface area contributed by atoms with Gasteiger partial charge < -0.3 is 19.1 Å². The van der Waals surface area contributed by atoms with Gasteiger partial charge in [0.25, 0.3) is 5.91 Å². The molecule has 1 N–H and O–H groups in total. The van der Waals surface area contributed by atoms with Gasteiger partial charge in [0.2, 0.25) is 5.75 Å². The number of aromatic nitrogens is 2. The molecule has 0 saturated carbocycles. The van der Waals surface area contributed by atoms with Gasteiger partial charge >= 0.3 is 0 Å². The summed E-state index contributed by atoms with van der Waals surface area (Å²) in [5.74, 6) is 0.938. The lowest BCUT2D eigenvalue weighted by molar-refractivity contribution is 0.0760. The van der Waals surface area contributed by atoms with Gasteiger partial charge in [-0.25, -0.2) is 8.78 Å². The van der Waals surface area contributed by atoms with Crippen molar-refractivity contribution >= 4 is 17.7 Å². The van der Waals surface area contributed by atoms with E-state index in [9.17, 15) is 13.6 Å². The fraction of sp³-hybridized carbons (Fsp3) is 0.333. The predicted octanol–water partition coefficient (Wildman–Crippen LogP) is 4.70. The van der Waals surface area contributed by atoms with E-state index in [0.29, 0.717) is 65.0 Å².